The van der Waals surface area contributed by atoms with E-state index in [-0.39, 0.29) is 11.4 Å². The normalized spacial score (nSPS) is 31.8. The number of nitrogens with two attached hydrogens (primary N) is 1. The van der Waals surface area contributed by atoms with Gasteiger partial charge in [0.2, 0.25) is 4.77 Å². The van der Waals surface area contributed by atoms with E-state index in [0.717, 1.165) is 0 Å². The lowest BCUT2D eigenvalue weighted by Crippen LogP contribution is -2.33. The Kier molecular flexibility index (Phi) is 3.64. The third-order valence-corrected chi connectivity index (χ3v) is 3.27. The number of aliphatic hydroxyl groups is 3. The van der Waals surface area contributed by atoms with E-state index in [1.807, 2.05) is 0 Å². The van der Waals surface area contributed by atoms with Crippen LogP contribution in [0.25, 0.3) is 0 Å². The van der Waals surface area contributed by atoms with Crippen molar-refractivity contribution >= 4 is 18.0 Å². The van der Waals surface area contributed by atoms with Gasteiger partial charge in [0.25, 0.3) is 0 Å². The zero-order valence-corrected chi connectivity index (χ0v) is 10.5. The Morgan fingerprint density at radius 1 is 1.50 bits per heavy atom. The van der Waals surface area contributed by atoms with Crippen molar-refractivity contribution < 1.29 is 20.1 Å². The summed E-state index contributed by atoms with van der Waals surface area (Å²) in [5.74, 6) is 0.308. The van der Waals surface area contributed by atoms with Gasteiger partial charge in [-0.15, -0.1) is 0 Å². The maximum Gasteiger partial charge on any atom is 0.203 e. The maximum atomic E-state index is 9.88. The molecule has 0 bridgehead atoms. The van der Waals surface area contributed by atoms with Crippen LogP contribution < -0.4 is 5.73 Å². The van der Waals surface area contributed by atoms with Gasteiger partial charge in [-0.25, -0.2) is 4.98 Å². The van der Waals surface area contributed by atoms with Gasteiger partial charge >= 0.3 is 0 Å². The van der Waals surface area contributed by atoms with Crippen molar-refractivity contribution in [2.45, 2.75) is 31.5 Å². The molecule has 1 aliphatic heterocycles. The molecular formula is C10H15N3O4S. The van der Waals surface area contributed by atoms with Crippen molar-refractivity contribution in [3.8, 4) is 0 Å². The summed E-state index contributed by atoms with van der Waals surface area (Å²) in [6, 6.07) is 0. The van der Waals surface area contributed by atoms with Gasteiger partial charge in [0.15, 0.2) is 6.23 Å². The lowest BCUT2D eigenvalue weighted by atomic mass is 10.1. The molecule has 4 atom stereocenters. The minimum absolute atomic E-state index is 0.146. The van der Waals surface area contributed by atoms with Gasteiger partial charge in [0, 0.05) is 11.8 Å². The first-order chi connectivity index (χ1) is 8.45. The first-order valence-electron chi connectivity index (χ1n) is 5.43. The van der Waals surface area contributed by atoms with Gasteiger partial charge in [0.05, 0.1) is 6.61 Å². The quantitative estimate of drug-likeness (QED) is 0.517. The van der Waals surface area contributed by atoms with E-state index in [0.29, 0.717) is 11.4 Å². The van der Waals surface area contributed by atoms with Gasteiger partial charge in [-0.3, -0.25) is 4.57 Å². The Morgan fingerprint density at radius 2 is 2.17 bits per heavy atom. The summed E-state index contributed by atoms with van der Waals surface area (Å²) in [4.78, 5) is 3.95. The molecule has 1 aromatic rings. The molecule has 18 heavy (non-hydrogen) atoms. The lowest BCUT2D eigenvalue weighted by molar-refractivity contribution is -0.0541. The molecule has 2 heterocycles. The van der Waals surface area contributed by atoms with Crippen LogP contribution in [-0.2, 0) is 4.74 Å². The van der Waals surface area contributed by atoms with Crippen LogP contribution in [0.1, 0.15) is 11.8 Å². The van der Waals surface area contributed by atoms with E-state index in [1.165, 1.54) is 4.57 Å². The number of rotatable bonds is 2. The number of nitrogens with zero attached hydrogens (tertiary/aromatic N) is 2. The third kappa shape index (κ3) is 2.13. The first kappa shape index (κ1) is 13.4. The number of ether oxygens (including phenoxy) is 1. The summed E-state index contributed by atoms with van der Waals surface area (Å²) in [5.41, 5.74) is 6.30. The summed E-state index contributed by atoms with van der Waals surface area (Å²) in [6.07, 6.45) is -2.47. The monoisotopic (exact) mass is 273 g/mol. The van der Waals surface area contributed by atoms with Crippen molar-refractivity contribution in [3.63, 3.8) is 0 Å². The predicted octanol–water partition coefficient (Wildman–Crippen LogP) is -0.885. The Labute approximate surface area is 108 Å². The van der Waals surface area contributed by atoms with Crippen molar-refractivity contribution in [2.24, 2.45) is 0 Å². The van der Waals surface area contributed by atoms with Crippen LogP contribution in [0.15, 0.2) is 6.20 Å². The average Bonchev–Trinajstić information content (AvgIpc) is 2.61. The number of hydrogen-bond donors (Lipinski definition) is 4. The Hall–Kier alpha value is -1.06. The Balaban J connectivity index is 2.39. The highest BCUT2D eigenvalue weighted by Gasteiger charge is 2.43. The number of nitrogen functional groups attached to an aromatic ring is 1. The summed E-state index contributed by atoms with van der Waals surface area (Å²) >= 11 is 5.04. The summed E-state index contributed by atoms with van der Waals surface area (Å²) < 4.78 is 6.93. The molecule has 1 aliphatic rings. The van der Waals surface area contributed by atoms with Crippen LogP contribution in [-0.4, -0.2) is 49.8 Å². The molecule has 1 fully saturated rings. The van der Waals surface area contributed by atoms with E-state index < -0.39 is 24.5 Å². The summed E-state index contributed by atoms with van der Waals surface area (Å²) in [5, 5.41) is 28.6. The van der Waals surface area contributed by atoms with E-state index in [2.05, 4.69) is 4.98 Å². The molecule has 0 aliphatic carbocycles. The smallest absolute Gasteiger partial charge is 0.203 e. The number of aryl methyl sites for hydroxylation is 1. The lowest BCUT2D eigenvalue weighted by Gasteiger charge is -2.19. The number of aliphatic hydroxyl groups excluding tert-OH is 3. The second kappa shape index (κ2) is 4.90. The molecule has 1 saturated heterocycles. The largest absolute Gasteiger partial charge is 0.394 e. The molecule has 0 spiro atoms. The molecule has 5 N–H and O–H groups in total. The summed E-state index contributed by atoms with van der Waals surface area (Å²) in [6.45, 7) is 1.36. The molecule has 1 aromatic heterocycles. The molecular weight excluding hydrogens is 258 g/mol. The van der Waals surface area contributed by atoms with Gasteiger partial charge < -0.3 is 25.8 Å². The number of anilines is 1. The minimum Gasteiger partial charge on any atom is -0.394 e. The second-order valence-corrected chi connectivity index (χ2v) is 4.59. The van der Waals surface area contributed by atoms with E-state index in [1.54, 1.807) is 13.1 Å². The fraction of sp³-hybridized carbons (Fsp3) is 0.600. The fourth-order valence-electron chi connectivity index (χ4n) is 1.87. The second-order valence-electron chi connectivity index (χ2n) is 4.23. The van der Waals surface area contributed by atoms with Gasteiger partial charge in [0.1, 0.15) is 24.1 Å². The van der Waals surface area contributed by atoms with Crippen molar-refractivity contribution in [3.05, 3.63) is 16.5 Å². The maximum absolute atomic E-state index is 9.88. The topological polar surface area (TPSA) is 114 Å². The SMILES string of the molecule is Cc1cn(C2OC(CO)C(O)C2O)c(=S)nc1N. The van der Waals surface area contributed by atoms with Crippen molar-refractivity contribution in [1.29, 1.82) is 0 Å². The van der Waals surface area contributed by atoms with Crippen LogP contribution in [0.4, 0.5) is 5.82 Å². The third-order valence-electron chi connectivity index (χ3n) is 2.97. The molecule has 0 radical (unpaired) electrons. The van der Waals surface area contributed by atoms with Gasteiger partial charge in [-0.05, 0) is 19.1 Å². The molecule has 2 rings (SSSR count). The molecule has 7 nitrogen and oxygen atoms in total. The molecule has 0 amide bonds. The highest BCUT2D eigenvalue weighted by Crippen LogP contribution is 2.29. The van der Waals surface area contributed by atoms with Crippen LogP contribution in [0, 0.1) is 11.7 Å². The molecule has 0 saturated carbocycles. The van der Waals surface area contributed by atoms with E-state index in [4.69, 9.17) is 27.8 Å². The van der Waals surface area contributed by atoms with Gasteiger partial charge in [-0.1, -0.05) is 0 Å². The van der Waals surface area contributed by atoms with Crippen LogP contribution >= 0.6 is 12.2 Å². The van der Waals surface area contributed by atoms with Gasteiger partial charge in [-0.2, -0.15) is 0 Å². The van der Waals surface area contributed by atoms with Crippen molar-refractivity contribution in [2.75, 3.05) is 12.3 Å². The number of aromatic nitrogens is 2. The molecule has 4 unspecified atom stereocenters. The van der Waals surface area contributed by atoms with Crippen LogP contribution in [0.5, 0.6) is 0 Å². The highest BCUT2D eigenvalue weighted by molar-refractivity contribution is 7.71. The first-order valence-corrected chi connectivity index (χ1v) is 5.84. The zero-order chi connectivity index (χ0) is 13.4. The van der Waals surface area contributed by atoms with Crippen LogP contribution in [0.2, 0.25) is 0 Å². The standard InChI is InChI=1S/C10H15N3O4S/c1-4-2-13(10(18)12-8(4)11)9-7(16)6(15)5(3-14)17-9/h2,5-7,9,14-16H,3H2,1H3,(H2,11,12,18). The van der Waals surface area contributed by atoms with Crippen LogP contribution in [0.3, 0.4) is 0 Å². The predicted molar refractivity (Wildman–Crippen MR) is 65.2 cm³/mol. The molecule has 0 aromatic carbocycles. The molecule has 100 valence electrons. The minimum atomic E-state index is -1.18. The average molecular weight is 273 g/mol. The highest BCUT2D eigenvalue weighted by atomic mass is 32.1. The molecule has 8 heteroatoms. The summed E-state index contributed by atoms with van der Waals surface area (Å²) in [7, 11) is 0. The Bertz CT molecular complexity index is 506. The Morgan fingerprint density at radius 3 is 2.72 bits per heavy atom. The zero-order valence-electron chi connectivity index (χ0n) is 9.72. The van der Waals surface area contributed by atoms with E-state index in [9.17, 15) is 10.2 Å². The fourth-order valence-corrected chi connectivity index (χ4v) is 2.13. The van der Waals surface area contributed by atoms with E-state index >= 15 is 0 Å². The number of hydrogen-bond acceptors (Lipinski definition) is 7. The van der Waals surface area contributed by atoms with Crippen molar-refractivity contribution in [1.82, 2.24) is 9.55 Å².